The van der Waals surface area contributed by atoms with Gasteiger partial charge in [0, 0.05) is 16.5 Å². The van der Waals surface area contributed by atoms with Gasteiger partial charge in [0.15, 0.2) is 23.1 Å². The molecule has 1 heterocycles. The van der Waals surface area contributed by atoms with Crippen LogP contribution >= 0.6 is 11.6 Å². The third kappa shape index (κ3) is 6.85. The van der Waals surface area contributed by atoms with Gasteiger partial charge in [-0.05, 0) is 64.8 Å². The van der Waals surface area contributed by atoms with Crippen LogP contribution < -0.4 is 5.73 Å². The smallest absolute Gasteiger partial charge is 0.297 e. The third-order valence-electron chi connectivity index (χ3n) is 8.20. The molecule has 282 valence electrons. The van der Waals surface area contributed by atoms with Crippen molar-refractivity contribution in [2.24, 2.45) is 20.5 Å². The number of benzene rings is 6. The first-order valence-electron chi connectivity index (χ1n) is 15.7. The second kappa shape index (κ2) is 14.1. The van der Waals surface area contributed by atoms with Crippen molar-refractivity contribution in [3.8, 4) is 45.8 Å². The predicted molar refractivity (Wildman–Crippen MR) is 203 cm³/mol. The summed E-state index contributed by atoms with van der Waals surface area (Å²) in [5.41, 5.74) is 3.09. The number of nitrogens with zero attached hydrogens (tertiary/aromatic N) is 7. The Morgan fingerprint density at radius 3 is 1.45 bits per heavy atom. The highest BCUT2D eigenvalue weighted by Crippen LogP contribution is 2.51. The van der Waals surface area contributed by atoms with Crippen molar-refractivity contribution in [1.29, 1.82) is 0 Å². The average Bonchev–Trinajstić information content (AvgIpc) is 3.14. The summed E-state index contributed by atoms with van der Waals surface area (Å²) in [6, 6.07) is 20.7. The van der Waals surface area contributed by atoms with Gasteiger partial charge < -0.3 is 26.2 Å². The fourth-order valence-corrected chi connectivity index (χ4v) is 7.69. The lowest BCUT2D eigenvalue weighted by Gasteiger charge is -2.17. The number of hydrogen-bond donors (Lipinski definition) is 7. The minimum Gasteiger partial charge on any atom is -0.506 e. The van der Waals surface area contributed by atoms with Gasteiger partial charge in [-0.3, -0.25) is 9.11 Å². The largest absolute Gasteiger partial charge is 0.506 e. The summed E-state index contributed by atoms with van der Waals surface area (Å²) < 4.78 is 74.4. The average molecular weight is 815 g/mol. The van der Waals surface area contributed by atoms with Crippen molar-refractivity contribution in [2.45, 2.75) is 9.79 Å². The van der Waals surface area contributed by atoms with Crippen molar-refractivity contribution in [1.82, 2.24) is 15.0 Å². The van der Waals surface area contributed by atoms with Gasteiger partial charge in [0.05, 0.1) is 11.1 Å². The van der Waals surface area contributed by atoms with Gasteiger partial charge in [0.2, 0.25) is 5.28 Å². The number of hydrogen-bond acceptors (Lipinski definition) is 16. The van der Waals surface area contributed by atoms with E-state index in [2.05, 4.69) is 35.4 Å². The van der Waals surface area contributed by atoms with E-state index >= 15 is 0 Å². The van der Waals surface area contributed by atoms with Crippen molar-refractivity contribution < 1.29 is 46.4 Å². The molecular weight excluding hydrogens is 792 g/mol. The van der Waals surface area contributed by atoms with Crippen LogP contribution in [-0.4, -0.2) is 61.3 Å². The molecule has 0 amide bonds. The zero-order valence-corrected chi connectivity index (χ0v) is 30.3. The third-order valence-corrected chi connectivity index (χ3v) is 10.2. The fourth-order valence-electron chi connectivity index (χ4n) is 5.85. The number of nitrogens with two attached hydrogens (primary N) is 1. The number of phenols is 4. The first-order valence-corrected chi connectivity index (χ1v) is 18.9. The number of phenolic OH excluding ortho intramolecular Hbond substituents is 4. The molecule has 21 heteroatoms. The van der Waals surface area contributed by atoms with Gasteiger partial charge >= 0.3 is 0 Å². The van der Waals surface area contributed by atoms with E-state index in [4.69, 9.17) is 17.3 Å². The lowest BCUT2D eigenvalue weighted by Crippen LogP contribution is -2.08. The Hall–Kier alpha value is -6.84. The Morgan fingerprint density at radius 1 is 0.536 bits per heavy atom. The number of azo groups is 2. The maximum absolute atomic E-state index is 13.3. The molecule has 0 aliphatic heterocycles. The van der Waals surface area contributed by atoms with Gasteiger partial charge in [0.25, 0.3) is 20.2 Å². The minimum atomic E-state index is -5.44. The standard InChI is InChI=1S/C35H23ClN8O10S2/c36-35-39-33(25-17-7-1-2-8-18(17)29(47)27(31(25)55(49,50)51)43-41-21-9-3-5-11-23(21)45)38-34(40-35)26-20-15-16(37)13-14-19(20)30(48)28(32(26)56(52,53)54)44-42-22-10-4-6-12-24(22)46/h1-15,45-48H,37H2,(H,49,50,51)(H,52,53,54). The molecule has 0 bridgehead atoms. The van der Waals surface area contributed by atoms with Crippen LogP contribution in [0, 0.1) is 0 Å². The summed E-state index contributed by atoms with van der Waals surface area (Å²) in [7, 11) is -10.8. The van der Waals surface area contributed by atoms with Gasteiger partial charge in [-0.25, -0.2) is 4.98 Å². The lowest BCUT2D eigenvalue weighted by atomic mass is 9.99. The molecule has 56 heavy (non-hydrogen) atoms. The van der Waals surface area contributed by atoms with E-state index in [-0.39, 0.29) is 50.1 Å². The number of nitrogen functional groups attached to an aromatic ring is 1. The first-order chi connectivity index (χ1) is 26.5. The Bertz CT molecular complexity index is 3070. The molecular formula is C35H23ClN8O10S2. The quantitative estimate of drug-likeness (QED) is 0.0436. The van der Waals surface area contributed by atoms with Crippen LogP contribution in [0.25, 0.3) is 44.3 Å². The summed E-state index contributed by atoms with van der Waals surface area (Å²) >= 11 is 6.43. The van der Waals surface area contributed by atoms with Crippen molar-refractivity contribution in [3.05, 3.63) is 96.3 Å². The highest BCUT2D eigenvalue weighted by molar-refractivity contribution is 7.86. The number of halogens is 1. The highest BCUT2D eigenvalue weighted by atomic mass is 35.5. The number of fused-ring (bicyclic) bond motifs is 2. The molecule has 0 atom stereocenters. The molecule has 0 radical (unpaired) electrons. The Labute approximate surface area is 320 Å². The van der Waals surface area contributed by atoms with Gasteiger partial charge in [0.1, 0.15) is 44.0 Å². The number of para-hydroxylation sites is 2. The number of anilines is 1. The second-order valence-corrected chi connectivity index (χ2v) is 14.8. The topological polar surface area (TPSA) is 304 Å². The molecule has 18 nitrogen and oxygen atoms in total. The maximum Gasteiger partial charge on any atom is 0.297 e. The van der Waals surface area contributed by atoms with E-state index < -0.39 is 81.0 Å². The van der Waals surface area contributed by atoms with E-state index in [1.165, 1.54) is 91.0 Å². The molecule has 7 rings (SSSR count). The molecule has 0 fully saturated rings. The monoisotopic (exact) mass is 814 g/mol. The zero-order valence-electron chi connectivity index (χ0n) is 27.9. The van der Waals surface area contributed by atoms with Gasteiger partial charge in [-0.15, -0.1) is 20.5 Å². The number of rotatable bonds is 8. The van der Waals surface area contributed by atoms with Crippen molar-refractivity contribution in [3.63, 3.8) is 0 Å². The van der Waals surface area contributed by atoms with Gasteiger partial charge in [-0.2, -0.15) is 26.8 Å². The summed E-state index contributed by atoms with van der Waals surface area (Å²) in [6.07, 6.45) is 0. The predicted octanol–water partition coefficient (Wildman–Crippen LogP) is 7.89. The van der Waals surface area contributed by atoms with E-state index in [0.29, 0.717) is 0 Å². The second-order valence-electron chi connectivity index (χ2n) is 11.7. The molecule has 0 spiro atoms. The summed E-state index contributed by atoms with van der Waals surface area (Å²) in [5.74, 6) is -3.56. The normalized spacial score (nSPS) is 12.3. The number of aromatic nitrogens is 3. The van der Waals surface area contributed by atoms with Crippen molar-refractivity contribution >= 4 is 81.8 Å². The molecule has 0 aliphatic carbocycles. The number of aromatic hydroxyl groups is 4. The lowest BCUT2D eigenvalue weighted by molar-refractivity contribution is 0.471. The van der Waals surface area contributed by atoms with Crippen molar-refractivity contribution in [2.75, 3.05) is 5.73 Å². The highest BCUT2D eigenvalue weighted by Gasteiger charge is 2.34. The zero-order chi connectivity index (χ0) is 40.1. The van der Waals surface area contributed by atoms with Crippen LogP contribution in [0.1, 0.15) is 0 Å². The molecule has 6 aromatic carbocycles. The summed E-state index contributed by atoms with van der Waals surface area (Å²) in [4.78, 5) is 10.4. The van der Waals surface area contributed by atoms with Crippen LogP contribution in [-0.2, 0) is 20.2 Å². The Kier molecular flexibility index (Phi) is 9.44. The maximum atomic E-state index is 13.3. The summed E-state index contributed by atoms with van der Waals surface area (Å²) in [5, 5.41) is 57.6. The molecule has 0 unspecified atom stereocenters. The van der Waals surface area contributed by atoms with Gasteiger partial charge in [-0.1, -0.05) is 48.5 Å². The summed E-state index contributed by atoms with van der Waals surface area (Å²) in [6.45, 7) is 0. The molecule has 0 aliphatic rings. The van der Waals surface area contributed by atoms with Crippen LogP contribution in [0.15, 0.2) is 121 Å². The van der Waals surface area contributed by atoms with Crippen LogP contribution in [0.2, 0.25) is 5.28 Å². The Morgan fingerprint density at radius 2 is 0.964 bits per heavy atom. The van der Waals surface area contributed by atoms with E-state index in [0.717, 1.165) is 0 Å². The fraction of sp³-hybridized carbons (Fsp3) is 0. The van der Waals surface area contributed by atoms with E-state index in [1.54, 1.807) is 0 Å². The minimum absolute atomic E-state index is 0.0426. The molecule has 0 saturated heterocycles. The molecule has 7 aromatic rings. The molecule has 8 N–H and O–H groups in total. The van der Waals surface area contributed by atoms with Crippen LogP contribution in [0.3, 0.4) is 0 Å². The molecule has 1 aromatic heterocycles. The Balaban J connectivity index is 1.60. The van der Waals surface area contributed by atoms with E-state index in [9.17, 15) is 46.4 Å². The molecule has 0 saturated carbocycles. The van der Waals surface area contributed by atoms with Crippen LogP contribution in [0.4, 0.5) is 28.4 Å². The SMILES string of the molecule is Nc1ccc2c(O)c(N=Nc3ccccc3O)c(S(=O)(=O)O)c(-c3nc(Cl)nc(-c4c(S(=O)(=O)O)c(N=Nc5ccccc5O)c(O)c5ccccc45)n3)c2c1. The van der Waals surface area contributed by atoms with Crippen LogP contribution in [0.5, 0.6) is 23.0 Å². The van der Waals surface area contributed by atoms with E-state index in [1.807, 2.05) is 0 Å². The first kappa shape index (κ1) is 37.5.